The van der Waals surface area contributed by atoms with Crippen LogP contribution in [0.1, 0.15) is 23.3 Å². The molecular weight excluding hydrogens is 294 g/mol. The van der Waals surface area contributed by atoms with E-state index < -0.39 is 11.8 Å². The van der Waals surface area contributed by atoms with E-state index in [4.69, 9.17) is 14.5 Å². The Labute approximate surface area is 128 Å². The van der Waals surface area contributed by atoms with Crippen molar-refractivity contribution in [3.63, 3.8) is 0 Å². The van der Waals surface area contributed by atoms with Crippen molar-refractivity contribution in [3.05, 3.63) is 47.2 Å². The number of halogens is 1. The van der Waals surface area contributed by atoms with Crippen LogP contribution in [0.5, 0.6) is 5.75 Å². The number of pyridine rings is 1. The number of aliphatic carboxylic acids is 1. The zero-order chi connectivity index (χ0) is 16.8. The van der Waals surface area contributed by atoms with Crippen LogP contribution >= 0.6 is 11.6 Å². The second kappa shape index (κ2) is 6.37. The maximum Gasteiger partial charge on any atom is 0.303 e. The maximum atomic E-state index is 12.0. The molecule has 0 saturated heterocycles. The smallest absolute Gasteiger partial charge is 0.303 e. The van der Waals surface area contributed by atoms with Crippen molar-refractivity contribution < 1.29 is 19.8 Å². The van der Waals surface area contributed by atoms with E-state index in [9.17, 15) is 9.59 Å². The van der Waals surface area contributed by atoms with Gasteiger partial charge in [-0.1, -0.05) is 23.7 Å². The minimum atomic E-state index is -0.817. The number of aromatic nitrogens is 1. The molecule has 0 atom stereocenters. The summed E-state index contributed by atoms with van der Waals surface area (Å²) in [6.45, 7) is 0. The van der Waals surface area contributed by atoms with E-state index >= 15 is 0 Å². The number of hydrogen-bond acceptors (Lipinski definition) is 5. The predicted octanol–water partition coefficient (Wildman–Crippen LogP) is 3.16. The van der Waals surface area contributed by atoms with Crippen LogP contribution < -0.4 is 0 Å². The van der Waals surface area contributed by atoms with Crippen molar-refractivity contribution in [3.8, 4) is 16.9 Å². The van der Waals surface area contributed by atoms with Gasteiger partial charge in [0, 0.05) is 23.2 Å². The lowest BCUT2D eigenvalue weighted by Crippen LogP contribution is -2.06. The summed E-state index contributed by atoms with van der Waals surface area (Å²) in [6, 6.07) is 8.52. The van der Waals surface area contributed by atoms with Gasteiger partial charge in [0.25, 0.3) is 2.86 Å². The number of Topliss-reactive ketones (excluding diaryl/α,β-unsaturated/α-hetero) is 1. The van der Waals surface area contributed by atoms with Crippen LogP contribution in [0.25, 0.3) is 12.6 Å². The molecule has 5 nitrogen and oxygen atoms in total. The third kappa shape index (κ3) is 3.79. The van der Waals surface area contributed by atoms with E-state index in [1.165, 1.54) is 12.3 Å². The Bertz CT molecular complexity index is 739. The monoisotopic (exact) mass is 307 g/mol. The Morgan fingerprint density at radius 2 is 2.10 bits per heavy atom. The van der Waals surface area contributed by atoms with Crippen molar-refractivity contribution in [1.82, 2.24) is 4.98 Å². The summed E-state index contributed by atoms with van der Waals surface area (Å²) < 4.78 is 13.5. The molecule has 0 aliphatic heterocycles. The molecule has 0 radical (unpaired) electrons. The summed E-state index contributed by atoms with van der Waals surface area (Å²) in [7, 11) is 0. The quantitative estimate of drug-likeness (QED) is 0.800. The van der Waals surface area contributed by atoms with Gasteiger partial charge in [-0.15, -0.1) is 0 Å². The lowest BCUT2D eigenvalue weighted by Gasteiger charge is -2.06. The van der Waals surface area contributed by atoms with Crippen LogP contribution in [0, 0.1) is 0 Å². The molecular formula is C15H12ClNO4. The highest BCUT2D eigenvalue weighted by atomic mass is 35.5. The third-order valence-corrected chi connectivity index (χ3v) is 3.07. The van der Waals surface area contributed by atoms with E-state index in [1.807, 2.05) is 6.07 Å². The van der Waals surface area contributed by atoms with E-state index in [1.54, 1.807) is 18.2 Å². The summed E-state index contributed by atoms with van der Waals surface area (Å²) >= 11 is 5.93. The minimum absolute atomic E-state index is 0.0216. The Hall–Kier alpha value is -2.40. The molecule has 0 saturated carbocycles. The number of rotatable bonds is 6. The van der Waals surface area contributed by atoms with Crippen molar-refractivity contribution >= 4 is 23.4 Å². The Morgan fingerprint density at radius 3 is 2.81 bits per heavy atom. The SMILES string of the molecule is [2H]OC(=O)CCC(=O)c1ncc(-c2cccc(Cl)c2)cc1O[2H]. The molecule has 1 heterocycles. The van der Waals surface area contributed by atoms with E-state index in [2.05, 4.69) is 15.2 Å². The Morgan fingerprint density at radius 1 is 1.24 bits per heavy atom. The number of hydrogen-bond donors (Lipinski definition) is 2. The first-order valence-electron chi connectivity index (χ1n) is 6.95. The van der Waals surface area contributed by atoms with Crippen LogP contribution in [0.4, 0.5) is 0 Å². The molecule has 0 aliphatic carbocycles. The van der Waals surface area contributed by atoms with Gasteiger partial charge >= 0.3 is 5.97 Å². The van der Waals surface area contributed by atoms with Gasteiger partial charge in [0.1, 0.15) is 11.4 Å². The van der Waals surface area contributed by atoms with Crippen molar-refractivity contribution in [2.24, 2.45) is 0 Å². The van der Waals surface area contributed by atoms with Crippen LogP contribution in [0.15, 0.2) is 36.5 Å². The molecule has 2 N–H and O–H groups in total. The first-order chi connectivity index (χ1) is 11.0. The number of carboxylic acid groups (broad SMARTS) is 1. The lowest BCUT2D eigenvalue weighted by atomic mass is 10.1. The fourth-order valence-corrected chi connectivity index (χ4v) is 2.00. The number of nitrogens with zero attached hydrogens (tertiary/aromatic N) is 1. The summed E-state index contributed by atoms with van der Waals surface area (Å²) in [5.41, 5.74) is 1.35. The van der Waals surface area contributed by atoms with Crippen molar-refractivity contribution in [2.45, 2.75) is 12.8 Å². The van der Waals surface area contributed by atoms with Gasteiger partial charge in [-0.25, -0.2) is 4.98 Å². The maximum absolute atomic E-state index is 12.0. The first kappa shape index (κ1) is 12.3. The molecule has 108 valence electrons. The molecule has 0 fully saturated rings. The average molecular weight is 308 g/mol. The van der Waals surface area contributed by atoms with Gasteiger partial charge in [-0.2, -0.15) is 0 Å². The number of carbonyl (C=O) groups excluding carboxylic acids is 1. The summed E-state index contributed by atoms with van der Waals surface area (Å²) in [4.78, 5) is 27.0. The Balaban J connectivity index is 2.26. The molecule has 0 spiro atoms. The van der Waals surface area contributed by atoms with Gasteiger partial charge in [-0.05, 0) is 23.8 Å². The first-order valence-corrected chi connectivity index (χ1v) is 6.51. The van der Waals surface area contributed by atoms with E-state index in [0.717, 1.165) is 5.56 Å². The molecule has 1 aromatic carbocycles. The predicted molar refractivity (Wildman–Crippen MR) is 77.5 cm³/mol. The van der Waals surface area contributed by atoms with Gasteiger partial charge in [0.05, 0.1) is 6.42 Å². The topological polar surface area (TPSA) is 87.5 Å². The summed E-state index contributed by atoms with van der Waals surface area (Å²) in [5.74, 6) is -1.32. The molecule has 0 unspecified atom stereocenters. The summed E-state index contributed by atoms with van der Waals surface area (Å²) in [6.07, 6.45) is 1.04. The van der Waals surface area contributed by atoms with Crippen LogP contribution in [0.2, 0.25) is 5.02 Å². The Kier molecular flexibility index (Phi) is 3.74. The van der Waals surface area contributed by atoms with Gasteiger partial charge in [-0.3, -0.25) is 9.59 Å². The van der Waals surface area contributed by atoms with Crippen LogP contribution in [0.3, 0.4) is 0 Å². The number of carbonyl (C=O) groups is 2. The third-order valence-electron chi connectivity index (χ3n) is 2.83. The molecule has 0 bridgehead atoms. The zero-order valence-electron chi connectivity index (χ0n) is 12.8. The zero-order valence-corrected chi connectivity index (χ0v) is 11.6. The average Bonchev–Trinajstić information content (AvgIpc) is 2.58. The van der Waals surface area contributed by atoms with Gasteiger partial charge < -0.3 is 10.2 Å². The van der Waals surface area contributed by atoms with Gasteiger partial charge in [0.15, 0.2) is 5.78 Å². The standard InChI is InChI=1S/C15H12ClNO4/c16-11-3-1-2-9(6-11)10-7-13(19)15(17-8-10)12(18)4-5-14(20)21/h1-3,6-8,19H,4-5H2,(H,20,21)/i/hD2. The fraction of sp³-hybridized carbons (Fsp3) is 0.133. The minimum Gasteiger partial charge on any atom is -0.506 e. The highest BCUT2D eigenvalue weighted by Gasteiger charge is 2.15. The molecule has 21 heavy (non-hydrogen) atoms. The largest absolute Gasteiger partial charge is 0.506 e. The number of benzene rings is 1. The molecule has 2 rings (SSSR count). The highest BCUT2D eigenvalue weighted by molar-refractivity contribution is 6.30. The molecule has 0 amide bonds. The normalized spacial score (nSPS) is 11.3. The number of carboxylic acids is 1. The highest BCUT2D eigenvalue weighted by Crippen LogP contribution is 2.27. The molecule has 2 aromatic rings. The van der Waals surface area contributed by atoms with Gasteiger partial charge in [0.2, 0.25) is 0 Å². The van der Waals surface area contributed by atoms with Crippen molar-refractivity contribution in [2.75, 3.05) is 0 Å². The second-order valence-electron chi connectivity index (χ2n) is 4.38. The molecule has 0 aliphatic rings. The lowest BCUT2D eigenvalue weighted by molar-refractivity contribution is -0.136. The number of ketones is 1. The summed E-state index contributed by atoms with van der Waals surface area (Å²) in [5, 5.41) is 8.76. The van der Waals surface area contributed by atoms with Crippen LogP contribution in [-0.4, -0.2) is 28.4 Å². The second-order valence-corrected chi connectivity index (χ2v) is 4.81. The van der Waals surface area contributed by atoms with Crippen molar-refractivity contribution in [1.29, 1.82) is 2.86 Å². The molecule has 1 aromatic heterocycles. The van der Waals surface area contributed by atoms with Crippen LogP contribution in [-0.2, 0) is 4.79 Å². The van der Waals surface area contributed by atoms with E-state index in [-0.39, 0.29) is 24.3 Å². The fourth-order valence-electron chi connectivity index (χ4n) is 1.81. The number of aromatic hydroxyl groups is 1. The molecule has 6 heteroatoms. The van der Waals surface area contributed by atoms with E-state index in [0.29, 0.717) is 10.6 Å².